The van der Waals surface area contributed by atoms with E-state index in [0.29, 0.717) is 19.4 Å². The lowest BCUT2D eigenvalue weighted by Gasteiger charge is -2.62. The molecule has 2 bridgehead atoms. The Labute approximate surface area is 232 Å². The lowest BCUT2D eigenvalue weighted by molar-refractivity contribution is -0.188. The lowest BCUT2D eigenvalue weighted by Crippen LogP contribution is -2.76. The van der Waals surface area contributed by atoms with E-state index in [0.717, 1.165) is 69.7 Å². The van der Waals surface area contributed by atoms with Crippen LogP contribution in [0.4, 0.5) is 4.79 Å². The summed E-state index contributed by atoms with van der Waals surface area (Å²) in [6, 6.07) is 4.62. The number of hydrogen-bond donors (Lipinski definition) is 2. The number of benzene rings is 1. The van der Waals surface area contributed by atoms with Gasteiger partial charge in [-0.2, -0.15) is 0 Å². The van der Waals surface area contributed by atoms with Crippen LogP contribution in [0.3, 0.4) is 0 Å². The van der Waals surface area contributed by atoms with Gasteiger partial charge in [-0.05, 0) is 75.0 Å². The average Bonchev–Trinajstić information content (AvgIpc) is 3.65. The smallest absolute Gasteiger partial charge is 0.481 e. The molecule has 1 aromatic carbocycles. The number of Topliss-reactive ketones (excluding diaryl/α,β-unsaturated/α-hetero) is 1. The third kappa shape index (κ3) is 4.88. The summed E-state index contributed by atoms with van der Waals surface area (Å²) >= 11 is 0. The maximum absolute atomic E-state index is 13.2. The number of carbonyl (C=O) groups is 2. The minimum absolute atomic E-state index is 0.0911. The van der Waals surface area contributed by atoms with Gasteiger partial charge in [0.1, 0.15) is 5.75 Å². The predicted octanol–water partition coefficient (Wildman–Crippen LogP) is 5.57. The van der Waals surface area contributed by atoms with Crippen molar-refractivity contribution in [1.82, 2.24) is 4.90 Å². The van der Waals surface area contributed by atoms with Crippen LogP contribution in [0, 0.1) is 5.92 Å². The van der Waals surface area contributed by atoms with Crippen LogP contribution in [0.5, 0.6) is 5.75 Å². The second-order valence-corrected chi connectivity index (χ2v) is 12.9. The molecule has 0 radical (unpaired) electrons. The Hall–Kier alpha value is -2.12. The van der Waals surface area contributed by atoms with Gasteiger partial charge in [0.2, 0.25) is 0 Å². The molecule has 7 nitrogen and oxygen atoms in total. The predicted molar refractivity (Wildman–Crippen MR) is 147 cm³/mol. The first kappa shape index (κ1) is 27.1. The quantitative estimate of drug-likeness (QED) is 0.236. The Morgan fingerprint density at radius 1 is 1.03 bits per heavy atom. The van der Waals surface area contributed by atoms with Crippen LogP contribution in [0.1, 0.15) is 107 Å². The highest BCUT2D eigenvalue weighted by Crippen LogP contribution is 2.64. The molecule has 0 amide bonds. The molecule has 2 aliphatic heterocycles. The highest BCUT2D eigenvalue weighted by Gasteiger charge is 2.73. The number of rotatable bonds is 14. The number of carboxylic acid groups (broad SMARTS) is 1. The van der Waals surface area contributed by atoms with Crippen molar-refractivity contribution in [1.29, 1.82) is 0 Å². The van der Waals surface area contributed by atoms with E-state index < -0.39 is 23.3 Å². The molecule has 3 aliphatic carbocycles. The van der Waals surface area contributed by atoms with Crippen molar-refractivity contribution < 1.29 is 29.3 Å². The highest BCUT2D eigenvalue weighted by molar-refractivity contribution is 5.89. The average molecular weight is 540 g/mol. The van der Waals surface area contributed by atoms with E-state index in [-0.39, 0.29) is 11.8 Å². The van der Waals surface area contributed by atoms with Crippen LogP contribution < -0.4 is 4.74 Å². The van der Waals surface area contributed by atoms with Gasteiger partial charge in [-0.25, -0.2) is 4.79 Å². The second kappa shape index (κ2) is 11.0. The summed E-state index contributed by atoms with van der Waals surface area (Å²) in [4.78, 5) is 26.2. The molecule has 2 heterocycles. The Morgan fingerprint density at radius 2 is 1.74 bits per heavy atom. The minimum atomic E-state index is -1.18. The first-order chi connectivity index (χ1) is 18.9. The van der Waals surface area contributed by atoms with E-state index in [2.05, 4.69) is 21.8 Å². The third-order valence-corrected chi connectivity index (χ3v) is 10.5. The monoisotopic (exact) mass is 539 g/mol. The standard InChI is InChI=1S/C32H45NO6/c34-25-15-16-32(37)26-20-24-14-13-23(10-8-6-4-2-1-3-5-7-9-19-38-30(35)36)28-27(24)31(32,29(25)39-28)17-18-33(26)21-22-11-12-22/h13-14,22,26,29,37H,1-12,15-21H2,(H,35,36)/t26?,29-,31-,32+/m0/s1. The van der Waals surface area contributed by atoms with E-state index in [1.165, 1.54) is 61.6 Å². The number of unbranched alkanes of at least 4 members (excludes halogenated alkanes) is 8. The van der Waals surface area contributed by atoms with Gasteiger partial charge in [-0.15, -0.1) is 0 Å². The largest absolute Gasteiger partial charge is 0.505 e. The van der Waals surface area contributed by atoms with Crippen molar-refractivity contribution in [2.45, 2.75) is 126 Å². The van der Waals surface area contributed by atoms with Gasteiger partial charge in [0.25, 0.3) is 0 Å². The molecule has 2 saturated carbocycles. The zero-order valence-electron chi connectivity index (χ0n) is 23.3. The molecule has 214 valence electrons. The Kier molecular flexibility index (Phi) is 7.66. The Balaban J connectivity index is 1.05. The van der Waals surface area contributed by atoms with Crippen molar-refractivity contribution in [2.24, 2.45) is 5.92 Å². The molecule has 1 saturated heterocycles. The van der Waals surface area contributed by atoms with Gasteiger partial charge in [0, 0.05) is 24.6 Å². The molecular formula is C32H45NO6. The van der Waals surface area contributed by atoms with Crippen molar-refractivity contribution in [3.8, 4) is 5.75 Å². The number of carbonyl (C=O) groups excluding carboxylic acids is 1. The van der Waals surface area contributed by atoms with Crippen molar-refractivity contribution in [3.05, 3.63) is 28.8 Å². The summed E-state index contributed by atoms with van der Waals surface area (Å²) in [6.07, 6.45) is 14.6. The lowest BCUT2D eigenvalue weighted by atomic mass is 9.49. The summed E-state index contributed by atoms with van der Waals surface area (Å²) in [5.41, 5.74) is 2.27. The van der Waals surface area contributed by atoms with Gasteiger partial charge in [0.15, 0.2) is 11.9 Å². The normalized spacial score (nSPS) is 30.6. The molecule has 39 heavy (non-hydrogen) atoms. The van der Waals surface area contributed by atoms with Crippen LogP contribution in [0.15, 0.2) is 12.1 Å². The number of ether oxygens (including phenoxy) is 2. The number of nitrogens with zero attached hydrogens (tertiary/aromatic N) is 1. The van der Waals surface area contributed by atoms with Crippen LogP contribution in [-0.4, -0.2) is 64.5 Å². The van der Waals surface area contributed by atoms with E-state index >= 15 is 0 Å². The molecule has 4 atom stereocenters. The number of aliphatic hydroxyl groups is 1. The maximum atomic E-state index is 13.2. The molecule has 2 N–H and O–H groups in total. The summed E-state index contributed by atoms with van der Waals surface area (Å²) in [5, 5.41) is 20.9. The van der Waals surface area contributed by atoms with Crippen molar-refractivity contribution >= 4 is 11.9 Å². The first-order valence-electron chi connectivity index (χ1n) is 15.6. The van der Waals surface area contributed by atoms with Crippen LogP contribution in [0.25, 0.3) is 0 Å². The van der Waals surface area contributed by atoms with E-state index in [1.54, 1.807) is 0 Å². The molecule has 1 spiro atoms. The zero-order chi connectivity index (χ0) is 27.0. The van der Waals surface area contributed by atoms with Gasteiger partial charge in [-0.1, -0.05) is 57.1 Å². The van der Waals surface area contributed by atoms with Crippen LogP contribution in [-0.2, 0) is 27.8 Å². The first-order valence-corrected chi connectivity index (χ1v) is 15.6. The summed E-state index contributed by atoms with van der Waals surface area (Å²) < 4.78 is 11.2. The minimum Gasteiger partial charge on any atom is -0.481 e. The topological polar surface area (TPSA) is 96.3 Å². The Bertz CT molecular complexity index is 1080. The Morgan fingerprint density at radius 3 is 2.46 bits per heavy atom. The number of ketones is 1. The van der Waals surface area contributed by atoms with Gasteiger partial charge < -0.3 is 19.7 Å². The molecule has 7 heteroatoms. The van der Waals surface area contributed by atoms with Crippen molar-refractivity contribution in [3.63, 3.8) is 0 Å². The van der Waals surface area contributed by atoms with Gasteiger partial charge >= 0.3 is 6.16 Å². The van der Waals surface area contributed by atoms with Crippen LogP contribution in [0.2, 0.25) is 0 Å². The summed E-state index contributed by atoms with van der Waals surface area (Å²) in [5.74, 6) is 1.90. The molecule has 1 aromatic rings. The molecule has 5 aliphatic rings. The highest BCUT2D eigenvalue weighted by atomic mass is 16.7. The SMILES string of the molecule is O=C(O)OCCCCCCCCCCCc1ccc2c3c1O[C@H]1C(=O)CC[C@@]4(O)C(C2)N(CC2CC2)CC[C@]314. The van der Waals surface area contributed by atoms with E-state index in [9.17, 15) is 14.7 Å². The van der Waals surface area contributed by atoms with E-state index in [4.69, 9.17) is 9.84 Å². The number of likely N-dealkylation sites (tertiary alicyclic amines) is 1. The number of aryl methyl sites for hydroxylation is 1. The summed E-state index contributed by atoms with van der Waals surface area (Å²) in [7, 11) is 0. The maximum Gasteiger partial charge on any atom is 0.505 e. The molecule has 6 rings (SSSR count). The van der Waals surface area contributed by atoms with Crippen LogP contribution >= 0.6 is 0 Å². The second-order valence-electron chi connectivity index (χ2n) is 12.9. The fourth-order valence-corrected chi connectivity index (χ4v) is 8.34. The molecule has 3 fully saturated rings. The number of piperidine rings is 1. The van der Waals surface area contributed by atoms with Gasteiger partial charge in [0.05, 0.1) is 17.6 Å². The molecule has 0 aromatic heterocycles. The van der Waals surface area contributed by atoms with E-state index in [1.807, 2.05) is 0 Å². The number of hydrogen-bond acceptors (Lipinski definition) is 6. The molecular weight excluding hydrogens is 494 g/mol. The fraction of sp³-hybridized carbons (Fsp3) is 0.750. The fourth-order valence-electron chi connectivity index (χ4n) is 8.34. The van der Waals surface area contributed by atoms with Gasteiger partial charge in [-0.3, -0.25) is 9.69 Å². The van der Waals surface area contributed by atoms with Crippen molar-refractivity contribution in [2.75, 3.05) is 19.7 Å². The zero-order valence-corrected chi connectivity index (χ0v) is 23.3. The summed E-state index contributed by atoms with van der Waals surface area (Å²) in [6.45, 7) is 2.35. The third-order valence-electron chi connectivity index (χ3n) is 10.5. The molecule has 1 unspecified atom stereocenters.